The molecule has 2 aliphatic rings. The second-order valence-electron chi connectivity index (χ2n) is 4.09. The molecule has 1 heterocycles. The van der Waals surface area contributed by atoms with E-state index in [4.69, 9.17) is 0 Å². The normalized spacial score (nSPS) is 28.0. The van der Waals surface area contributed by atoms with E-state index in [1.54, 1.807) is 0 Å². The molecule has 0 spiro atoms. The van der Waals surface area contributed by atoms with E-state index in [0.29, 0.717) is 0 Å². The molecule has 1 N–H and O–H groups in total. The van der Waals surface area contributed by atoms with Gasteiger partial charge in [-0.15, -0.1) is 0 Å². The van der Waals surface area contributed by atoms with Crippen LogP contribution < -0.4 is 5.32 Å². The highest BCUT2D eigenvalue weighted by molar-refractivity contribution is 8.00. The molecule has 2 fully saturated rings. The van der Waals surface area contributed by atoms with E-state index in [1.807, 2.05) is 0 Å². The summed E-state index contributed by atoms with van der Waals surface area (Å²) in [7, 11) is 0. The topological polar surface area (TPSA) is 12.0 Å². The van der Waals surface area contributed by atoms with Crippen LogP contribution in [0.4, 0.5) is 0 Å². The van der Waals surface area contributed by atoms with Gasteiger partial charge in [0, 0.05) is 23.6 Å². The maximum atomic E-state index is 3.77. The van der Waals surface area contributed by atoms with Gasteiger partial charge in [-0.1, -0.05) is 25.7 Å². The lowest BCUT2D eigenvalue weighted by Crippen LogP contribution is -2.45. The van der Waals surface area contributed by atoms with Gasteiger partial charge in [0.1, 0.15) is 0 Å². The Morgan fingerprint density at radius 3 is 2.00 bits per heavy atom. The summed E-state index contributed by atoms with van der Waals surface area (Å²) in [6.45, 7) is 0. The molecule has 0 bridgehead atoms. The minimum atomic E-state index is 0.859. The molecule has 0 aromatic carbocycles. The molecule has 2 rings (SSSR count). The summed E-state index contributed by atoms with van der Waals surface area (Å²) in [4.78, 5) is 0. The van der Waals surface area contributed by atoms with Gasteiger partial charge in [0.05, 0.1) is 0 Å². The van der Waals surface area contributed by atoms with Gasteiger partial charge < -0.3 is 5.32 Å². The van der Waals surface area contributed by atoms with Gasteiger partial charge in [0.2, 0.25) is 0 Å². The van der Waals surface area contributed by atoms with Gasteiger partial charge in [-0.3, -0.25) is 0 Å². The molecule has 1 aliphatic carbocycles. The molecule has 70 valence electrons. The second kappa shape index (κ2) is 4.52. The molecule has 0 aromatic rings. The molecule has 12 heavy (non-hydrogen) atoms. The number of nitrogens with one attached hydrogen (secondary N) is 1. The maximum absolute atomic E-state index is 3.77. The Bertz CT molecular complexity index is 126. The van der Waals surface area contributed by atoms with E-state index < -0.39 is 0 Å². The second-order valence-corrected chi connectivity index (χ2v) is 5.16. The van der Waals surface area contributed by atoms with Crippen LogP contribution in [0.15, 0.2) is 0 Å². The number of rotatable bonds is 2. The van der Waals surface area contributed by atoms with E-state index in [0.717, 1.165) is 12.1 Å². The van der Waals surface area contributed by atoms with Crippen molar-refractivity contribution in [2.24, 2.45) is 0 Å². The Balaban J connectivity index is 1.69. The molecule has 2 heteroatoms. The van der Waals surface area contributed by atoms with Crippen LogP contribution in [-0.4, -0.2) is 23.6 Å². The Morgan fingerprint density at radius 2 is 1.50 bits per heavy atom. The first-order valence-electron chi connectivity index (χ1n) is 5.29. The van der Waals surface area contributed by atoms with Gasteiger partial charge in [0.25, 0.3) is 0 Å². The van der Waals surface area contributed by atoms with E-state index in [1.165, 1.54) is 50.0 Å². The number of thioether (sulfide) groups is 1. The molecule has 1 saturated heterocycles. The summed E-state index contributed by atoms with van der Waals surface area (Å²) >= 11 is 2.08. The van der Waals surface area contributed by atoms with E-state index >= 15 is 0 Å². The summed E-state index contributed by atoms with van der Waals surface area (Å²) in [6, 6.07) is 1.72. The maximum Gasteiger partial charge on any atom is 0.0251 e. The highest BCUT2D eigenvalue weighted by Crippen LogP contribution is 2.22. The van der Waals surface area contributed by atoms with Crippen molar-refractivity contribution in [2.75, 3.05) is 11.5 Å². The third kappa shape index (κ3) is 2.40. The lowest BCUT2D eigenvalue weighted by atomic mass is 10.1. The van der Waals surface area contributed by atoms with Crippen molar-refractivity contribution < 1.29 is 0 Å². The van der Waals surface area contributed by atoms with Crippen LogP contribution in [0.3, 0.4) is 0 Å². The van der Waals surface area contributed by atoms with Crippen LogP contribution in [0.1, 0.15) is 38.5 Å². The zero-order valence-corrected chi connectivity index (χ0v) is 8.54. The summed E-state index contributed by atoms with van der Waals surface area (Å²) < 4.78 is 0. The third-order valence-corrected chi connectivity index (χ3v) is 4.24. The van der Waals surface area contributed by atoms with Crippen molar-refractivity contribution in [3.05, 3.63) is 0 Å². The van der Waals surface area contributed by atoms with E-state index in [2.05, 4.69) is 17.1 Å². The van der Waals surface area contributed by atoms with Crippen molar-refractivity contribution >= 4 is 11.8 Å². The van der Waals surface area contributed by atoms with Crippen molar-refractivity contribution in [2.45, 2.75) is 50.6 Å². The average molecular weight is 185 g/mol. The highest BCUT2D eigenvalue weighted by Gasteiger charge is 2.21. The number of hydrogen-bond acceptors (Lipinski definition) is 2. The quantitative estimate of drug-likeness (QED) is 0.663. The molecule has 1 nitrogen and oxygen atoms in total. The lowest BCUT2D eigenvalue weighted by Gasteiger charge is -2.30. The van der Waals surface area contributed by atoms with Gasteiger partial charge in [-0.05, 0) is 12.8 Å². The molecular weight excluding hydrogens is 166 g/mol. The van der Waals surface area contributed by atoms with Crippen molar-refractivity contribution in [1.29, 1.82) is 0 Å². The summed E-state index contributed by atoms with van der Waals surface area (Å²) in [5.41, 5.74) is 0. The standard InChI is InChI=1S/C10H19NS/c1-2-4-6-9(5-3-1)11-10-7-12-8-10/h9-11H,1-8H2. The van der Waals surface area contributed by atoms with Crippen molar-refractivity contribution in [1.82, 2.24) is 5.32 Å². The molecule has 0 atom stereocenters. The molecule has 1 saturated carbocycles. The van der Waals surface area contributed by atoms with Crippen LogP contribution in [0, 0.1) is 0 Å². The molecule has 1 aliphatic heterocycles. The van der Waals surface area contributed by atoms with Crippen LogP contribution in [0.2, 0.25) is 0 Å². The molecule has 0 amide bonds. The minimum Gasteiger partial charge on any atom is -0.310 e. The van der Waals surface area contributed by atoms with Crippen molar-refractivity contribution in [3.8, 4) is 0 Å². The fourth-order valence-electron chi connectivity index (χ4n) is 2.11. The van der Waals surface area contributed by atoms with Crippen LogP contribution in [0.5, 0.6) is 0 Å². The van der Waals surface area contributed by atoms with Gasteiger partial charge in [-0.2, -0.15) is 11.8 Å². The molecule has 0 radical (unpaired) electrons. The summed E-state index contributed by atoms with van der Waals surface area (Å²) in [6.07, 6.45) is 8.71. The first-order chi connectivity index (χ1) is 5.95. The first kappa shape index (κ1) is 8.89. The Labute approximate surface area is 79.7 Å². The fraction of sp³-hybridized carbons (Fsp3) is 1.00. The van der Waals surface area contributed by atoms with Crippen LogP contribution in [0.25, 0.3) is 0 Å². The molecular formula is C10H19NS. The predicted octanol–water partition coefficient (Wildman–Crippen LogP) is 2.41. The summed E-state index contributed by atoms with van der Waals surface area (Å²) in [5.74, 6) is 2.72. The predicted molar refractivity (Wildman–Crippen MR) is 55.7 cm³/mol. The monoisotopic (exact) mass is 185 g/mol. The third-order valence-electron chi connectivity index (χ3n) is 2.96. The Morgan fingerprint density at radius 1 is 0.833 bits per heavy atom. The highest BCUT2D eigenvalue weighted by atomic mass is 32.2. The van der Waals surface area contributed by atoms with Gasteiger partial charge >= 0.3 is 0 Å². The van der Waals surface area contributed by atoms with Crippen LogP contribution >= 0.6 is 11.8 Å². The van der Waals surface area contributed by atoms with E-state index in [-0.39, 0.29) is 0 Å². The smallest absolute Gasteiger partial charge is 0.0251 e. The van der Waals surface area contributed by atoms with Crippen LogP contribution in [-0.2, 0) is 0 Å². The Kier molecular flexibility index (Phi) is 3.35. The fourth-order valence-corrected chi connectivity index (χ4v) is 2.78. The SMILES string of the molecule is C1CCCC(NC2CSC2)CC1. The molecule has 0 unspecified atom stereocenters. The first-order valence-corrected chi connectivity index (χ1v) is 6.44. The molecule has 0 aromatic heterocycles. The zero-order valence-electron chi connectivity index (χ0n) is 7.72. The zero-order chi connectivity index (χ0) is 8.23. The average Bonchev–Trinajstić information content (AvgIpc) is 2.24. The van der Waals surface area contributed by atoms with Gasteiger partial charge in [0.15, 0.2) is 0 Å². The lowest BCUT2D eigenvalue weighted by molar-refractivity contribution is 0.420. The van der Waals surface area contributed by atoms with Crippen molar-refractivity contribution in [3.63, 3.8) is 0 Å². The van der Waals surface area contributed by atoms with E-state index in [9.17, 15) is 0 Å². The van der Waals surface area contributed by atoms with Gasteiger partial charge in [-0.25, -0.2) is 0 Å². The largest absolute Gasteiger partial charge is 0.310 e. The minimum absolute atomic E-state index is 0.859. The summed E-state index contributed by atoms with van der Waals surface area (Å²) in [5, 5.41) is 3.77. The Hall–Kier alpha value is 0.310. The number of hydrogen-bond donors (Lipinski definition) is 1.